The zero-order valence-electron chi connectivity index (χ0n) is 10.7. The second-order valence-electron chi connectivity index (χ2n) is 5.05. The summed E-state index contributed by atoms with van der Waals surface area (Å²) in [5.41, 5.74) is 1.12. The van der Waals surface area contributed by atoms with Crippen LogP contribution in [0.15, 0.2) is 5.38 Å². The summed E-state index contributed by atoms with van der Waals surface area (Å²) in [6, 6.07) is 0. The normalized spacial score (nSPS) is 13.5. The van der Waals surface area contributed by atoms with Gasteiger partial charge in [0.1, 0.15) is 5.38 Å². The minimum atomic E-state index is -0.476. The van der Waals surface area contributed by atoms with Crippen molar-refractivity contribution in [1.29, 1.82) is 0 Å². The Morgan fingerprint density at radius 1 is 1.59 bits per heavy atom. The van der Waals surface area contributed by atoms with Gasteiger partial charge in [0.15, 0.2) is 0 Å². The standard InChI is InChI=1S/C12H19ClN2OS/c1-8(13)10(16)14-6-5-9-7-17-11(15-9)12(2,3)4/h7-8H,5-6H2,1-4H3,(H,14,16). The summed E-state index contributed by atoms with van der Waals surface area (Å²) < 4.78 is 0. The Morgan fingerprint density at radius 2 is 2.24 bits per heavy atom. The molecule has 1 aromatic heterocycles. The van der Waals surface area contributed by atoms with Crippen molar-refractivity contribution in [2.45, 2.75) is 44.9 Å². The Kier molecular flexibility index (Phi) is 4.95. The lowest BCUT2D eigenvalue weighted by Gasteiger charge is -2.13. The lowest BCUT2D eigenvalue weighted by Crippen LogP contribution is -2.31. The van der Waals surface area contributed by atoms with Gasteiger partial charge in [-0.05, 0) is 6.92 Å². The van der Waals surface area contributed by atoms with E-state index in [2.05, 4.69) is 36.5 Å². The van der Waals surface area contributed by atoms with Gasteiger partial charge in [0.25, 0.3) is 0 Å². The van der Waals surface area contributed by atoms with Crippen molar-refractivity contribution in [3.8, 4) is 0 Å². The van der Waals surface area contributed by atoms with Crippen LogP contribution < -0.4 is 5.32 Å². The minimum absolute atomic E-state index is 0.0941. The van der Waals surface area contributed by atoms with Crippen LogP contribution in [0.4, 0.5) is 0 Å². The molecule has 5 heteroatoms. The third kappa shape index (κ3) is 4.64. The summed E-state index contributed by atoms with van der Waals surface area (Å²) >= 11 is 7.32. The molecule has 0 fully saturated rings. The van der Waals surface area contributed by atoms with Crippen molar-refractivity contribution in [3.05, 3.63) is 16.1 Å². The van der Waals surface area contributed by atoms with Crippen molar-refractivity contribution < 1.29 is 4.79 Å². The first-order valence-corrected chi connectivity index (χ1v) is 6.99. The van der Waals surface area contributed by atoms with Crippen LogP contribution in [0, 0.1) is 0 Å². The Balaban J connectivity index is 2.43. The topological polar surface area (TPSA) is 42.0 Å². The number of nitrogens with zero attached hydrogens (tertiary/aromatic N) is 1. The molecular weight excluding hydrogens is 256 g/mol. The molecule has 17 heavy (non-hydrogen) atoms. The molecule has 0 aliphatic carbocycles. The van der Waals surface area contributed by atoms with Gasteiger partial charge in [0, 0.05) is 23.8 Å². The Hall–Kier alpha value is -0.610. The van der Waals surface area contributed by atoms with Crippen LogP contribution in [-0.4, -0.2) is 22.8 Å². The maximum Gasteiger partial charge on any atom is 0.237 e. The summed E-state index contributed by atoms with van der Waals surface area (Å²) in [6.07, 6.45) is 0.752. The molecule has 0 aliphatic heterocycles. The highest BCUT2D eigenvalue weighted by atomic mass is 35.5. The highest BCUT2D eigenvalue weighted by Gasteiger charge is 2.17. The van der Waals surface area contributed by atoms with Gasteiger partial charge in [0.2, 0.25) is 5.91 Å². The van der Waals surface area contributed by atoms with E-state index in [0.29, 0.717) is 6.54 Å². The van der Waals surface area contributed by atoms with Crippen LogP contribution >= 0.6 is 22.9 Å². The van der Waals surface area contributed by atoms with E-state index in [9.17, 15) is 4.79 Å². The zero-order chi connectivity index (χ0) is 13.1. The van der Waals surface area contributed by atoms with E-state index in [1.54, 1.807) is 18.3 Å². The van der Waals surface area contributed by atoms with Gasteiger partial charge in [0.05, 0.1) is 10.7 Å². The Bertz CT molecular complexity index is 382. The first-order chi connectivity index (χ1) is 7.80. The molecule has 1 rings (SSSR count). The van der Waals surface area contributed by atoms with Gasteiger partial charge in [-0.1, -0.05) is 20.8 Å². The first-order valence-electron chi connectivity index (χ1n) is 5.67. The summed E-state index contributed by atoms with van der Waals surface area (Å²) in [6.45, 7) is 8.69. The molecular formula is C12H19ClN2OS. The van der Waals surface area contributed by atoms with Crippen LogP contribution in [0.25, 0.3) is 0 Å². The number of nitrogens with one attached hydrogen (secondary N) is 1. The second kappa shape index (κ2) is 5.83. The molecule has 1 aromatic rings. The lowest BCUT2D eigenvalue weighted by atomic mass is 9.98. The monoisotopic (exact) mass is 274 g/mol. The third-order valence-corrected chi connectivity index (χ3v) is 3.75. The lowest BCUT2D eigenvalue weighted by molar-refractivity contribution is -0.120. The predicted octanol–water partition coefficient (Wildman–Crippen LogP) is 2.73. The van der Waals surface area contributed by atoms with Gasteiger partial charge in [-0.2, -0.15) is 0 Å². The maximum atomic E-state index is 11.2. The molecule has 0 saturated carbocycles. The third-order valence-electron chi connectivity index (χ3n) is 2.24. The van der Waals surface area contributed by atoms with Crippen molar-refractivity contribution in [2.24, 2.45) is 0 Å². The van der Waals surface area contributed by atoms with Crippen LogP contribution in [0.1, 0.15) is 38.4 Å². The molecule has 1 atom stereocenters. The number of rotatable bonds is 4. The van der Waals surface area contributed by atoms with Crippen LogP contribution in [0.2, 0.25) is 0 Å². The fourth-order valence-corrected chi connectivity index (χ4v) is 2.24. The highest BCUT2D eigenvalue weighted by molar-refractivity contribution is 7.09. The van der Waals surface area contributed by atoms with E-state index in [1.807, 2.05) is 0 Å². The van der Waals surface area contributed by atoms with E-state index in [1.165, 1.54) is 0 Å². The molecule has 0 aliphatic rings. The number of hydrogen-bond acceptors (Lipinski definition) is 3. The molecule has 3 nitrogen and oxygen atoms in total. The van der Waals surface area contributed by atoms with Crippen LogP contribution in [0.5, 0.6) is 0 Å². The second-order valence-corrected chi connectivity index (χ2v) is 6.56. The van der Waals surface area contributed by atoms with Crippen LogP contribution in [0.3, 0.4) is 0 Å². The van der Waals surface area contributed by atoms with E-state index in [0.717, 1.165) is 17.1 Å². The van der Waals surface area contributed by atoms with Gasteiger partial charge in [-0.25, -0.2) is 4.98 Å². The maximum absolute atomic E-state index is 11.2. The summed E-state index contributed by atoms with van der Waals surface area (Å²) in [7, 11) is 0. The first kappa shape index (κ1) is 14.5. The van der Waals surface area contributed by atoms with E-state index in [-0.39, 0.29) is 11.3 Å². The molecule has 0 radical (unpaired) electrons. The Morgan fingerprint density at radius 3 is 2.71 bits per heavy atom. The number of alkyl halides is 1. The molecule has 0 bridgehead atoms. The van der Waals surface area contributed by atoms with Gasteiger partial charge >= 0.3 is 0 Å². The average molecular weight is 275 g/mol. The highest BCUT2D eigenvalue weighted by Crippen LogP contribution is 2.25. The minimum Gasteiger partial charge on any atom is -0.354 e. The number of carbonyl (C=O) groups is 1. The SMILES string of the molecule is CC(Cl)C(=O)NCCc1csc(C(C)(C)C)n1. The summed E-state index contributed by atoms with van der Waals surface area (Å²) in [5.74, 6) is -0.127. The number of thiazole rings is 1. The molecule has 1 N–H and O–H groups in total. The summed E-state index contributed by atoms with van der Waals surface area (Å²) in [5, 5.41) is 5.48. The van der Waals surface area contributed by atoms with E-state index >= 15 is 0 Å². The molecule has 0 spiro atoms. The van der Waals surface area contributed by atoms with E-state index < -0.39 is 5.38 Å². The fraction of sp³-hybridized carbons (Fsp3) is 0.667. The molecule has 1 amide bonds. The predicted molar refractivity (Wildman–Crippen MR) is 72.8 cm³/mol. The van der Waals surface area contributed by atoms with Crippen molar-refractivity contribution in [3.63, 3.8) is 0 Å². The number of aromatic nitrogens is 1. The fourth-order valence-electron chi connectivity index (χ4n) is 1.22. The summed E-state index contributed by atoms with van der Waals surface area (Å²) in [4.78, 5) is 15.8. The van der Waals surface area contributed by atoms with E-state index in [4.69, 9.17) is 11.6 Å². The van der Waals surface area contributed by atoms with Gasteiger partial charge in [-0.3, -0.25) is 4.79 Å². The largest absolute Gasteiger partial charge is 0.354 e. The molecule has 0 saturated heterocycles. The zero-order valence-corrected chi connectivity index (χ0v) is 12.3. The van der Waals surface area contributed by atoms with Crippen molar-refractivity contribution in [2.75, 3.05) is 6.54 Å². The molecule has 1 heterocycles. The molecule has 0 aromatic carbocycles. The Labute approximate surface area is 112 Å². The molecule has 96 valence electrons. The smallest absolute Gasteiger partial charge is 0.237 e. The van der Waals surface area contributed by atoms with Crippen LogP contribution in [-0.2, 0) is 16.6 Å². The van der Waals surface area contributed by atoms with Crippen molar-refractivity contribution in [1.82, 2.24) is 10.3 Å². The van der Waals surface area contributed by atoms with Crippen molar-refractivity contribution >= 4 is 28.8 Å². The number of amides is 1. The molecule has 1 unspecified atom stereocenters. The number of hydrogen-bond donors (Lipinski definition) is 1. The number of halogens is 1. The number of carbonyl (C=O) groups excluding carboxylic acids is 1. The van der Waals surface area contributed by atoms with Gasteiger partial charge in [-0.15, -0.1) is 22.9 Å². The van der Waals surface area contributed by atoms with Gasteiger partial charge < -0.3 is 5.32 Å². The average Bonchev–Trinajstić information content (AvgIpc) is 2.65. The quantitative estimate of drug-likeness (QED) is 0.858.